The van der Waals surface area contributed by atoms with Gasteiger partial charge >= 0.3 is 17.9 Å². The third-order valence-electron chi connectivity index (χ3n) is 5.72. The van der Waals surface area contributed by atoms with Crippen LogP contribution < -0.4 is 5.32 Å². The van der Waals surface area contributed by atoms with E-state index in [2.05, 4.69) is 5.32 Å². The molecule has 0 unspecified atom stereocenters. The number of rotatable bonds is 6. The summed E-state index contributed by atoms with van der Waals surface area (Å²) in [5, 5.41) is 43.8. The van der Waals surface area contributed by atoms with E-state index in [0.29, 0.717) is 0 Å². The van der Waals surface area contributed by atoms with Crippen LogP contribution in [-0.2, 0) is 19.9 Å². The Morgan fingerprint density at radius 2 is 1.53 bits per heavy atom. The smallest absolute Gasteiger partial charge is 0.329 e. The Bertz CT molecular complexity index is 1020. The fraction of sp³-hybridized carbons (Fsp3) is 0.250. The van der Waals surface area contributed by atoms with Crippen molar-refractivity contribution >= 4 is 23.6 Å². The third-order valence-corrected chi connectivity index (χ3v) is 5.72. The lowest BCUT2D eigenvalue weighted by Crippen LogP contribution is -2.53. The molecule has 10 nitrogen and oxygen atoms in total. The van der Waals surface area contributed by atoms with Crippen molar-refractivity contribution in [2.75, 3.05) is 0 Å². The Morgan fingerprint density at radius 3 is 1.97 bits per heavy atom. The van der Waals surface area contributed by atoms with E-state index in [-0.39, 0.29) is 16.8 Å². The highest BCUT2D eigenvalue weighted by Crippen LogP contribution is 2.56. The van der Waals surface area contributed by atoms with Crippen molar-refractivity contribution in [3.05, 3.63) is 75.8 Å². The molecule has 0 spiro atoms. The molecule has 156 valence electrons. The quantitative estimate of drug-likeness (QED) is 0.408. The molecule has 2 aromatic rings. The molecule has 2 aromatic carbocycles. The number of nitrogens with one attached hydrogen (secondary N) is 1. The molecular weight excluding hydrogens is 396 g/mol. The molecule has 0 bridgehead atoms. The number of hydrogen-bond donors (Lipinski definition) is 4. The SMILES string of the molecule is C[C@]1(C(=O)O)[C@@H](c2ccc([N+](=O)[O-])cc2)N[C@](C(=O)O)(c2ccccc2)[C@H]1C(=O)O. The van der Waals surface area contributed by atoms with Crippen LogP contribution in [0.1, 0.15) is 24.1 Å². The molecule has 1 saturated heterocycles. The van der Waals surface area contributed by atoms with Gasteiger partial charge in [0.2, 0.25) is 0 Å². The first-order chi connectivity index (χ1) is 14.1. The zero-order chi connectivity index (χ0) is 22.3. The van der Waals surface area contributed by atoms with Crippen LogP contribution in [0, 0.1) is 21.4 Å². The summed E-state index contributed by atoms with van der Waals surface area (Å²) in [6.45, 7) is 1.17. The van der Waals surface area contributed by atoms with E-state index in [4.69, 9.17) is 0 Å². The number of benzene rings is 2. The minimum Gasteiger partial charge on any atom is -0.481 e. The Labute approximate surface area is 169 Å². The van der Waals surface area contributed by atoms with Gasteiger partial charge in [-0.1, -0.05) is 42.5 Å². The maximum Gasteiger partial charge on any atom is 0.329 e. The maximum atomic E-state index is 12.5. The molecule has 0 saturated carbocycles. The van der Waals surface area contributed by atoms with Gasteiger partial charge in [0.05, 0.1) is 11.0 Å². The van der Waals surface area contributed by atoms with Crippen LogP contribution in [0.3, 0.4) is 0 Å². The molecule has 0 aliphatic carbocycles. The number of carbonyl (C=O) groups is 3. The zero-order valence-corrected chi connectivity index (χ0v) is 15.7. The van der Waals surface area contributed by atoms with E-state index >= 15 is 0 Å². The first-order valence-electron chi connectivity index (χ1n) is 8.84. The van der Waals surface area contributed by atoms with Gasteiger partial charge in [-0.25, -0.2) is 4.79 Å². The molecule has 1 aliphatic rings. The highest BCUT2D eigenvalue weighted by Gasteiger charge is 2.70. The molecule has 0 radical (unpaired) electrons. The average Bonchev–Trinajstić information content (AvgIpc) is 3.01. The lowest BCUT2D eigenvalue weighted by Gasteiger charge is -2.33. The van der Waals surface area contributed by atoms with Crippen LogP contribution >= 0.6 is 0 Å². The maximum absolute atomic E-state index is 12.5. The van der Waals surface area contributed by atoms with Crippen molar-refractivity contribution in [1.29, 1.82) is 0 Å². The van der Waals surface area contributed by atoms with Gasteiger partial charge in [-0.3, -0.25) is 25.0 Å². The summed E-state index contributed by atoms with van der Waals surface area (Å²) >= 11 is 0. The van der Waals surface area contributed by atoms with Crippen LogP contribution in [0.4, 0.5) is 5.69 Å². The van der Waals surface area contributed by atoms with Gasteiger partial charge < -0.3 is 15.3 Å². The van der Waals surface area contributed by atoms with Crippen molar-refractivity contribution in [3.63, 3.8) is 0 Å². The number of aliphatic carboxylic acids is 3. The summed E-state index contributed by atoms with van der Waals surface area (Å²) in [6, 6.07) is 11.1. The van der Waals surface area contributed by atoms with Crippen molar-refractivity contribution < 1.29 is 34.6 Å². The predicted molar refractivity (Wildman–Crippen MR) is 102 cm³/mol. The average molecular weight is 414 g/mol. The highest BCUT2D eigenvalue weighted by molar-refractivity contribution is 5.95. The van der Waals surface area contributed by atoms with Gasteiger partial charge in [-0.05, 0) is 18.1 Å². The van der Waals surface area contributed by atoms with E-state index in [1.54, 1.807) is 6.07 Å². The van der Waals surface area contributed by atoms with Crippen LogP contribution in [0.15, 0.2) is 54.6 Å². The van der Waals surface area contributed by atoms with Crippen molar-refractivity contribution in [3.8, 4) is 0 Å². The van der Waals surface area contributed by atoms with E-state index < -0.39 is 45.7 Å². The molecule has 3 rings (SSSR count). The van der Waals surface area contributed by atoms with Crippen molar-refractivity contribution in [2.45, 2.75) is 18.5 Å². The largest absolute Gasteiger partial charge is 0.481 e. The Balaban J connectivity index is 2.28. The van der Waals surface area contributed by atoms with Gasteiger partial charge in [-0.2, -0.15) is 0 Å². The number of nitrogens with zero attached hydrogens (tertiary/aromatic N) is 1. The Kier molecular flexibility index (Phi) is 5.04. The van der Waals surface area contributed by atoms with E-state index in [9.17, 15) is 39.8 Å². The summed E-state index contributed by atoms with van der Waals surface area (Å²) in [4.78, 5) is 47.4. The molecule has 4 N–H and O–H groups in total. The second-order valence-corrected chi connectivity index (χ2v) is 7.26. The fourth-order valence-electron chi connectivity index (χ4n) is 4.24. The second-order valence-electron chi connectivity index (χ2n) is 7.26. The van der Waals surface area contributed by atoms with Gasteiger partial charge in [0.15, 0.2) is 5.54 Å². The summed E-state index contributed by atoms with van der Waals surface area (Å²) < 4.78 is 0. The van der Waals surface area contributed by atoms with E-state index in [0.717, 1.165) is 12.1 Å². The van der Waals surface area contributed by atoms with Crippen LogP contribution in [0.25, 0.3) is 0 Å². The van der Waals surface area contributed by atoms with Gasteiger partial charge in [-0.15, -0.1) is 0 Å². The topological polar surface area (TPSA) is 167 Å². The summed E-state index contributed by atoms with van der Waals surface area (Å²) in [6.07, 6.45) is 0. The lowest BCUT2D eigenvalue weighted by atomic mass is 9.65. The number of nitro benzene ring substituents is 1. The number of carboxylic acids is 3. The summed E-state index contributed by atoms with van der Waals surface area (Å²) in [7, 11) is 0. The molecule has 30 heavy (non-hydrogen) atoms. The number of non-ortho nitro benzene ring substituents is 1. The van der Waals surface area contributed by atoms with Gasteiger partial charge in [0.1, 0.15) is 11.3 Å². The summed E-state index contributed by atoms with van der Waals surface area (Å²) in [5.41, 5.74) is -4.27. The van der Waals surface area contributed by atoms with Crippen LogP contribution in [0.5, 0.6) is 0 Å². The standard InChI is InChI=1S/C20H18N2O8/c1-19(17(25)26)14(16(23)24)20(18(27)28,12-5-3-2-4-6-12)21-15(19)11-7-9-13(10-8-11)22(29)30/h2-10,14-15,21H,1H3,(H,23,24)(H,25,26)(H,27,28)/t14-,15+,19+,20+/m0/s1. The zero-order valence-electron chi connectivity index (χ0n) is 15.7. The predicted octanol–water partition coefficient (Wildman–Crippen LogP) is 2.01. The fourth-order valence-corrected chi connectivity index (χ4v) is 4.24. The van der Waals surface area contributed by atoms with Gasteiger partial charge in [0, 0.05) is 12.1 Å². The molecule has 4 atom stereocenters. The molecule has 0 aromatic heterocycles. The third kappa shape index (κ3) is 2.89. The van der Waals surface area contributed by atoms with E-state index in [1.165, 1.54) is 43.3 Å². The number of hydrogen-bond acceptors (Lipinski definition) is 6. The minimum atomic E-state index is -2.24. The Morgan fingerprint density at radius 1 is 0.967 bits per heavy atom. The molecule has 1 heterocycles. The van der Waals surface area contributed by atoms with Crippen LogP contribution in [-0.4, -0.2) is 38.2 Å². The normalized spacial score (nSPS) is 28.0. The first kappa shape index (κ1) is 20.9. The molecule has 1 aliphatic heterocycles. The lowest BCUT2D eigenvalue weighted by molar-refractivity contribution is -0.384. The van der Waals surface area contributed by atoms with Crippen LogP contribution in [0.2, 0.25) is 0 Å². The van der Waals surface area contributed by atoms with Crippen molar-refractivity contribution in [2.24, 2.45) is 11.3 Å². The van der Waals surface area contributed by atoms with Gasteiger partial charge in [0.25, 0.3) is 5.69 Å². The first-order valence-corrected chi connectivity index (χ1v) is 8.84. The molecule has 1 fully saturated rings. The molecule has 10 heteroatoms. The minimum absolute atomic E-state index is 0.0850. The summed E-state index contributed by atoms with van der Waals surface area (Å²) in [5.74, 6) is -6.53. The highest BCUT2D eigenvalue weighted by atomic mass is 16.6. The van der Waals surface area contributed by atoms with E-state index in [1.807, 2.05) is 0 Å². The Hall–Kier alpha value is -3.79. The molecule has 0 amide bonds. The van der Waals surface area contributed by atoms with Crippen molar-refractivity contribution in [1.82, 2.24) is 5.32 Å². The monoisotopic (exact) mass is 414 g/mol. The number of nitro groups is 1. The second kappa shape index (κ2) is 7.23. The number of carboxylic acid groups (broad SMARTS) is 3. The molecular formula is C20H18N2O8.